The van der Waals surface area contributed by atoms with E-state index in [-0.39, 0.29) is 30.3 Å². The van der Waals surface area contributed by atoms with E-state index in [2.05, 4.69) is 17.9 Å². The van der Waals surface area contributed by atoms with Gasteiger partial charge in [-0.1, -0.05) is 38.1 Å². The smallest absolute Gasteiger partial charge is 0.328 e. The number of thiol groups is 1. The normalized spacial score (nSPS) is 13.1. The van der Waals surface area contributed by atoms with Crippen LogP contribution < -0.4 is 11.1 Å². The van der Waals surface area contributed by atoms with Gasteiger partial charge in [-0.2, -0.15) is 24.4 Å². The first kappa shape index (κ1) is 27.8. The maximum absolute atomic E-state index is 13.0. The van der Waals surface area contributed by atoms with Gasteiger partial charge in [0.25, 0.3) is 5.91 Å². The summed E-state index contributed by atoms with van der Waals surface area (Å²) in [7, 11) is 1.34. The fourth-order valence-corrected chi connectivity index (χ4v) is 3.33. The van der Waals surface area contributed by atoms with Gasteiger partial charge >= 0.3 is 5.97 Å². The number of hydrogen-bond donors (Lipinski definition) is 3. The minimum Gasteiger partial charge on any atom is -0.467 e. The number of esters is 1. The zero-order valence-electron chi connectivity index (χ0n) is 17.5. The predicted octanol–water partition coefficient (Wildman–Crippen LogP) is 3.61. The predicted molar refractivity (Wildman–Crippen MR) is 129 cm³/mol. The summed E-state index contributed by atoms with van der Waals surface area (Å²) in [6, 6.07) is 5.16. The molecule has 1 aromatic carbocycles. The van der Waals surface area contributed by atoms with Gasteiger partial charge in [0.05, 0.1) is 7.11 Å². The van der Waals surface area contributed by atoms with Crippen LogP contribution >= 0.6 is 36.8 Å². The Hall–Kier alpha value is -1.15. The molecule has 3 N–H and O–H groups in total. The topological polar surface area (TPSA) is 81.4 Å². The van der Waals surface area contributed by atoms with Gasteiger partial charge in [0.15, 0.2) is 0 Å². The number of hydrogen-bond acceptors (Lipinski definition) is 6. The van der Waals surface area contributed by atoms with Gasteiger partial charge in [-0.15, -0.1) is 12.4 Å². The lowest BCUT2D eigenvalue weighted by atomic mass is 9.93. The fourth-order valence-electron chi connectivity index (χ4n) is 2.73. The zero-order chi connectivity index (χ0) is 21.1. The van der Waals surface area contributed by atoms with Crippen molar-refractivity contribution >= 4 is 48.7 Å². The molecule has 0 aliphatic carbocycles. The lowest BCUT2D eigenvalue weighted by Crippen LogP contribution is -2.42. The van der Waals surface area contributed by atoms with E-state index in [9.17, 15) is 9.59 Å². The summed E-state index contributed by atoms with van der Waals surface area (Å²) >= 11 is 5.79. The highest BCUT2D eigenvalue weighted by molar-refractivity contribution is 7.98. The molecule has 0 bridgehead atoms. The molecule has 0 radical (unpaired) electrons. The molecule has 0 saturated heterocycles. The Kier molecular flexibility index (Phi) is 14.2. The summed E-state index contributed by atoms with van der Waals surface area (Å²) in [6.45, 7) is 4.09. The SMILES string of the molecule is COC(=O)[C@H](CCSC)NC(=O)c1cc(C/C=C/[C@@H](N)CS)ccc1C(C)C.Cl. The molecule has 0 aliphatic heterocycles. The van der Waals surface area contributed by atoms with Crippen LogP contribution in [0.4, 0.5) is 0 Å². The van der Waals surface area contributed by atoms with Crippen LogP contribution in [0.25, 0.3) is 0 Å². The monoisotopic (exact) mass is 460 g/mol. The average Bonchev–Trinajstić information content (AvgIpc) is 2.69. The fraction of sp³-hybridized carbons (Fsp3) is 0.524. The van der Waals surface area contributed by atoms with Crippen LogP contribution in [-0.4, -0.2) is 48.8 Å². The van der Waals surface area contributed by atoms with Crippen molar-refractivity contribution in [2.45, 2.75) is 44.7 Å². The van der Waals surface area contributed by atoms with Gasteiger partial charge in [0, 0.05) is 17.4 Å². The molecular formula is C21H33ClN2O3S2. The third-order valence-electron chi connectivity index (χ3n) is 4.33. The van der Waals surface area contributed by atoms with E-state index < -0.39 is 12.0 Å². The van der Waals surface area contributed by atoms with Crippen LogP contribution in [0.3, 0.4) is 0 Å². The highest BCUT2D eigenvalue weighted by Crippen LogP contribution is 2.22. The third-order valence-corrected chi connectivity index (χ3v) is 5.40. The molecule has 29 heavy (non-hydrogen) atoms. The van der Waals surface area contributed by atoms with E-state index in [1.165, 1.54) is 7.11 Å². The number of allylic oxidation sites excluding steroid dienone is 1. The molecule has 0 aliphatic rings. The summed E-state index contributed by atoms with van der Waals surface area (Å²) in [5.74, 6) is 0.853. The Bertz CT molecular complexity index is 684. The molecular weight excluding hydrogens is 428 g/mol. The number of halogens is 1. The molecule has 8 heteroatoms. The summed E-state index contributed by atoms with van der Waals surface area (Å²) in [4.78, 5) is 25.0. The van der Waals surface area contributed by atoms with Crippen LogP contribution in [0.5, 0.6) is 0 Å². The molecule has 1 aromatic rings. The van der Waals surface area contributed by atoms with E-state index in [0.29, 0.717) is 24.2 Å². The first-order valence-corrected chi connectivity index (χ1v) is 11.4. The molecule has 0 fully saturated rings. The van der Waals surface area contributed by atoms with Crippen LogP contribution in [0.1, 0.15) is 47.7 Å². The van der Waals surface area contributed by atoms with Gasteiger partial charge < -0.3 is 15.8 Å². The highest BCUT2D eigenvalue weighted by Gasteiger charge is 2.23. The van der Waals surface area contributed by atoms with Crippen molar-refractivity contribution in [3.05, 3.63) is 47.0 Å². The molecule has 0 unspecified atom stereocenters. The number of rotatable bonds is 11. The Balaban J connectivity index is 0.00000784. The van der Waals surface area contributed by atoms with E-state index in [0.717, 1.165) is 16.9 Å². The van der Waals surface area contributed by atoms with E-state index in [1.807, 2.05) is 50.5 Å². The summed E-state index contributed by atoms with van der Waals surface area (Å²) in [6.07, 6.45) is 7.07. The standard InChI is InChI=1S/C21H32N2O3S2.ClH/c1-14(2)17-9-8-15(6-5-7-16(22)13-27)12-18(17)20(24)23-19(10-11-28-4)21(25)26-3;/h5,7-9,12,14,16,19,27H,6,10-11,13,22H2,1-4H3,(H,23,24);1H/b7-5+;/t16-,19+;/m1./s1. The number of nitrogens with two attached hydrogens (primary N) is 1. The maximum Gasteiger partial charge on any atom is 0.328 e. The van der Waals surface area contributed by atoms with Gasteiger partial charge in [-0.05, 0) is 48.0 Å². The number of methoxy groups -OCH3 is 1. The highest BCUT2D eigenvalue weighted by atomic mass is 35.5. The molecule has 5 nitrogen and oxygen atoms in total. The third kappa shape index (κ3) is 9.47. The van der Waals surface area contributed by atoms with Crippen molar-refractivity contribution in [1.82, 2.24) is 5.32 Å². The van der Waals surface area contributed by atoms with Crippen molar-refractivity contribution in [3.63, 3.8) is 0 Å². The lowest BCUT2D eigenvalue weighted by Gasteiger charge is -2.19. The van der Waals surface area contributed by atoms with Gasteiger partial charge in [-0.3, -0.25) is 4.79 Å². The number of ether oxygens (including phenoxy) is 1. The second kappa shape index (κ2) is 14.8. The maximum atomic E-state index is 13.0. The largest absolute Gasteiger partial charge is 0.467 e. The quantitative estimate of drug-likeness (QED) is 0.267. The first-order valence-electron chi connectivity index (χ1n) is 9.37. The number of nitrogens with one attached hydrogen (secondary N) is 1. The van der Waals surface area contributed by atoms with E-state index in [4.69, 9.17) is 10.5 Å². The Morgan fingerprint density at radius 1 is 1.34 bits per heavy atom. The van der Waals surface area contributed by atoms with Gasteiger partial charge in [0.1, 0.15) is 6.04 Å². The molecule has 0 heterocycles. The molecule has 1 amide bonds. The molecule has 0 aromatic heterocycles. The number of carbonyl (C=O) groups is 2. The first-order chi connectivity index (χ1) is 13.3. The lowest BCUT2D eigenvalue weighted by molar-refractivity contribution is -0.142. The number of carbonyl (C=O) groups excluding carboxylic acids is 2. The number of benzene rings is 1. The van der Waals surface area contributed by atoms with Gasteiger partial charge in [-0.25, -0.2) is 4.79 Å². The number of amides is 1. The Labute approximate surface area is 190 Å². The number of thioether (sulfide) groups is 1. The second-order valence-corrected chi connectivity index (χ2v) is 8.24. The Morgan fingerprint density at radius 3 is 2.59 bits per heavy atom. The van der Waals surface area contributed by atoms with Gasteiger partial charge in [0.2, 0.25) is 0 Å². The molecule has 0 spiro atoms. The van der Waals surface area contributed by atoms with Crippen molar-refractivity contribution < 1.29 is 14.3 Å². The van der Waals surface area contributed by atoms with Crippen LogP contribution in [0.15, 0.2) is 30.4 Å². The minimum absolute atomic E-state index is 0. The van der Waals surface area contributed by atoms with E-state index >= 15 is 0 Å². The average molecular weight is 461 g/mol. The van der Waals surface area contributed by atoms with Crippen molar-refractivity contribution in [2.24, 2.45) is 5.73 Å². The van der Waals surface area contributed by atoms with Crippen LogP contribution in [-0.2, 0) is 16.0 Å². The van der Waals surface area contributed by atoms with E-state index in [1.54, 1.807) is 11.8 Å². The molecule has 164 valence electrons. The summed E-state index contributed by atoms with van der Waals surface area (Å²) in [5.41, 5.74) is 8.40. The summed E-state index contributed by atoms with van der Waals surface area (Å²) in [5, 5.41) is 2.85. The van der Waals surface area contributed by atoms with Crippen LogP contribution in [0.2, 0.25) is 0 Å². The van der Waals surface area contributed by atoms with Crippen LogP contribution in [0, 0.1) is 0 Å². The van der Waals surface area contributed by atoms with Crippen molar-refractivity contribution in [2.75, 3.05) is 24.9 Å². The van der Waals surface area contributed by atoms with Crippen molar-refractivity contribution in [3.8, 4) is 0 Å². The zero-order valence-corrected chi connectivity index (χ0v) is 20.0. The molecule has 0 saturated carbocycles. The Morgan fingerprint density at radius 2 is 2.03 bits per heavy atom. The molecule has 1 rings (SSSR count). The second-order valence-electron chi connectivity index (χ2n) is 6.89. The van der Waals surface area contributed by atoms with Crippen molar-refractivity contribution in [1.29, 1.82) is 0 Å². The molecule has 2 atom stereocenters. The summed E-state index contributed by atoms with van der Waals surface area (Å²) < 4.78 is 4.84. The minimum atomic E-state index is -0.651.